The number of carbonyl (C=O) groups excluding carboxylic acids is 1. The molecule has 3 unspecified atom stereocenters. The highest BCUT2D eigenvalue weighted by Gasteiger charge is 2.54. The zero-order chi connectivity index (χ0) is 24.2. The number of Topliss-reactive ketones (excluding diaryl/α,β-unsaturated/α-hetero) is 1. The number of benzene rings is 2. The molecule has 0 aliphatic rings. The van der Waals surface area contributed by atoms with Crippen LogP contribution in [-0.4, -0.2) is 33.1 Å². The molecule has 33 heavy (non-hydrogen) atoms. The van der Waals surface area contributed by atoms with E-state index in [1.807, 2.05) is 6.07 Å². The van der Waals surface area contributed by atoms with Crippen molar-refractivity contribution in [2.75, 3.05) is 0 Å². The first-order valence-corrected chi connectivity index (χ1v) is 10.6. The standard InChI is InChI=1S/C27H26FNO4/c1-17(2)27(26(32)33,21-10-7-15-29-16-21)25(31)23(20-11-13-22(28)14-12-20)24(30)18(3)19-8-5-4-6-9-19/h4-17,23-24,30H,3H2,1-2H3,(H,32,33). The Morgan fingerprint density at radius 2 is 1.64 bits per heavy atom. The average Bonchev–Trinajstić information content (AvgIpc) is 2.81. The van der Waals surface area contributed by atoms with Crippen molar-refractivity contribution in [3.05, 3.63) is 108 Å². The molecule has 0 saturated carbocycles. The number of carboxylic acid groups (broad SMARTS) is 1. The lowest BCUT2D eigenvalue weighted by atomic mass is 9.63. The van der Waals surface area contributed by atoms with Crippen molar-refractivity contribution < 1.29 is 24.2 Å². The second kappa shape index (κ2) is 9.88. The van der Waals surface area contributed by atoms with Gasteiger partial charge in [-0.15, -0.1) is 0 Å². The zero-order valence-electron chi connectivity index (χ0n) is 18.5. The van der Waals surface area contributed by atoms with E-state index in [0.717, 1.165) is 0 Å². The molecular formula is C27H26FNO4. The number of ketones is 1. The van der Waals surface area contributed by atoms with E-state index in [9.17, 15) is 24.2 Å². The zero-order valence-corrected chi connectivity index (χ0v) is 18.5. The summed E-state index contributed by atoms with van der Waals surface area (Å²) in [5, 5.41) is 21.8. The smallest absolute Gasteiger partial charge is 0.322 e. The summed E-state index contributed by atoms with van der Waals surface area (Å²) in [5.41, 5.74) is -0.627. The predicted molar refractivity (Wildman–Crippen MR) is 124 cm³/mol. The number of carboxylic acids is 1. The molecule has 0 aliphatic heterocycles. The molecular weight excluding hydrogens is 421 g/mol. The molecule has 170 valence electrons. The number of nitrogens with zero attached hydrogens (tertiary/aromatic N) is 1. The van der Waals surface area contributed by atoms with Crippen LogP contribution in [0.2, 0.25) is 0 Å². The number of hydrogen-bond acceptors (Lipinski definition) is 4. The van der Waals surface area contributed by atoms with Gasteiger partial charge >= 0.3 is 5.97 Å². The van der Waals surface area contributed by atoms with Crippen molar-refractivity contribution in [2.45, 2.75) is 31.3 Å². The molecule has 3 rings (SSSR count). The molecule has 2 aromatic carbocycles. The minimum absolute atomic E-state index is 0.210. The normalized spacial score (nSPS) is 14.8. The van der Waals surface area contributed by atoms with E-state index < -0.39 is 40.9 Å². The van der Waals surface area contributed by atoms with Crippen LogP contribution in [0.3, 0.4) is 0 Å². The molecule has 0 aliphatic carbocycles. The quantitative estimate of drug-likeness (QED) is 0.467. The summed E-state index contributed by atoms with van der Waals surface area (Å²) in [5.74, 6) is -4.57. The van der Waals surface area contributed by atoms with Gasteiger partial charge in [-0.25, -0.2) is 4.39 Å². The first-order chi connectivity index (χ1) is 15.7. The van der Waals surface area contributed by atoms with Crippen molar-refractivity contribution in [1.82, 2.24) is 4.98 Å². The highest BCUT2D eigenvalue weighted by molar-refractivity contribution is 6.12. The van der Waals surface area contributed by atoms with Crippen LogP contribution in [0.1, 0.15) is 36.5 Å². The Bertz CT molecular complexity index is 1130. The number of aliphatic carboxylic acids is 1. The summed E-state index contributed by atoms with van der Waals surface area (Å²) in [7, 11) is 0. The van der Waals surface area contributed by atoms with Crippen LogP contribution in [-0.2, 0) is 15.0 Å². The summed E-state index contributed by atoms with van der Waals surface area (Å²) in [6, 6.07) is 17.1. The molecule has 0 bridgehead atoms. The summed E-state index contributed by atoms with van der Waals surface area (Å²) >= 11 is 0. The molecule has 3 atom stereocenters. The Morgan fingerprint density at radius 1 is 1.00 bits per heavy atom. The monoisotopic (exact) mass is 447 g/mol. The number of hydrogen-bond donors (Lipinski definition) is 2. The van der Waals surface area contributed by atoms with Crippen molar-refractivity contribution in [2.24, 2.45) is 5.92 Å². The number of aliphatic hydroxyl groups excluding tert-OH is 1. The van der Waals surface area contributed by atoms with E-state index in [1.165, 1.54) is 36.7 Å². The Kier molecular flexibility index (Phi) is 7.19. The Balaban J connectivity index is 2.22. The number of carbonyl (C=O) groups is 2. The molecule has 3 aromatic rings. The lowest BCUT2D eigenvalue weighted by Gasteiger charge is -2.37. The lowest BCUT2D eigenvalue weighted by Crippen LogP contribution is -2.52. The van der Waals surface area contributed by atoms with E-state index in [-0.39, 0.29) is 11.1 Å². The highest BCUT2D eigenvalue weighted by Crippen LogP contribution is 2.41. The van der Waals surface area contributed by atoms with E-state index >= 15 is 0 Å². The maximum Gasteiger partial charge on any atom is 0.322 e. The van der Waals surface area contributed by atoms with E-state index in [4.69, 9.17) is 0 Å². The average molecular weight is 448 g/mol. The summed E-state index contributed by atoms with van der Waals surface area (Å²) in [4.78, 5) is 31.0. The topological polar surface area (TPSA) is 87.5 Å². The second-order valence-electron chi connectivity index (χ2n) is 8.24. The number of halogens is 1. The molecule has 0 spiro atoms. The Hall–Kier alpha value is -3.64. The highest BCUT2D eigenvalue weighted by atomic mass is 19.1. The number of aromatic nitrogens is 1. The molecule has 1 heterocycles. The van der Waals surface area contributed by atoms with Gasteiger partial charge in [-0.1, -0.05) is 69.0 Å². The third kappa shape index (κ3) is 4.47. The predicted octanol–water partition coefficient (Wildman–Crippen LogP) is 4.63. The van der Waals surface area contributed by atoms with Crippen molar-refractivity contribution in [1.29, 1.82) is 0 Å². The first-order valence-electron chi connectivity index (χ1n) is 10.6. The third-order valence-electron chi connectivity index (χ3n) is 6.04. The van der Waals surface area contributed by atoms with Crippen molar-refractivity contribution in [3.8, 4) is 0 Å². The van der Waals surface area contributed by atoms with Crippen molar-refractivity contribution >= 4 is 17.3 Å². The van der Waals surface area contributed by atoms with E-state index in [2.05, 4.69) is 11.6 Å². The fraction of sp³-hybridized carbons (Fsp3) is 0.222. The van der Waals surface area contributed by atoms with Crippen LogP contribution in [0.5, 0.6) is 0 Å². The summed E-state index contributed by atoms with van der Waals surface area (Å²) in [6.45, 7) is 7.26. The van der Waals surface area contributed by atoms with Crippen LogP contribution in [0.4, 0.5) is 4.39 Å². The molecule has 0 saturated heterocycles. The fourth-order valence-electron chi connectivity index (χ4n) is 4.25. The maximum atomic E-state index is 14.2. The molecule has 5 nitrogen and oxygen atoms in total. The van der Waals surface area contributed by atoms with Crippen LogP contribution >= 0.6 is 0 Å². The maximum absolute atomic E-state index is 14.2. The molecule has 2 N–H and O–H groups in total. The van der Waals surface area contributed by atoms with Crippen LogP contribution in [0, 0.1) is 11.7 Å². The number of pyridine rings is 1. The van der Waals surface area contributed by atoms with Gasteiger partial charge in [0.05, 0.1) is 12.0 Å². The number of rotatable bonds is 9. The fourth-order valence-corrected chi connectivity index (χ4v) is 4.25. The third-order valence-corrected chi connectivity index (χ3v) is 6.04. The number of aliphatic hydroxyl groups is 1. The minimum Gasteiger partial charge on any atom is -0.480 e. The summed E-state index contributed by atoms with van der Waals surface area (Å²) in [6.07, 6.45) is 1.40. The molecule has 6 heteroatoms. The van der Waals surface area contributed by atoms with Gasteiger partial charge in [-0.2, -0.15) is 0 Å². The summed E-state index contributed by atoms with van der Waals surface area (Å²) < 4.78 is 13.7. The Labute approximate surface area is 192 Å². The van der Waals surface area contributed by atoms with Gasteiger partial charge in [0.2, 0.25) is 0 Å². The molecule has 0 fully saturated rings. The van der Waals surface area contributed by atoms with Crippen LogP contribution in [0.25, 0.3) is 5.57 Å². The lowest BCUT2D eigenvalue weighted by molar-refractivity contribution is -0.152. The van der Waals surface area contributed by atoms with Gasteiger partial charge in [-0.05, 0) is 46.4 Å². The molecule has 0 amide bonds. The van der Waals surface area contributed by atoms with Crippen molar-refractivity contribution in [3.63, 3.8) is 0 Å². The largest absolute Gasteiger partial charge is 0.480 e. The molecule has 0 radical (unpaired) electrons. The first kappa shape index (κ1) is 24.0. The minimum atomic E-state index is -1.99. The van der Waals surface area contributed by atoms with Crippen LogP contribution in [0.15, 0.2) is 85.7 Å². The van der Waals surface area contributed by atoms with Gasteiger partial charge in [0.25, 0.3) is 0 Å². The van der Waals surface area contributed by atoms with E-state index in [1.54, 1.807) is 50.2 Å². The Morgan fingerprint density at radius 3 is 2.15 bits per heavy atom. The van der Waals surface area contributed by atoms with Gasteiger partial charge < -0.3 is 10.2 Å². The van der Waals surface area contributed by atoms with E-state index in [0.29, 0.717) is 11.1 Å². The second-order valence-corrected chi connectivity index (χ2v) is 8.24. The molecule has 1 aromatic heterocycles. The van der Waals surface area contributed by atoms with Gasteiger partial charge in [0.15, 0.2) is 11.2 Å². The van der Waals surface area contributed by atoms with Gasteiger partial charge in [0, 0.05) is 12.4 Å². The van der Waals surface area contributed by atoms with Crippen LogP contribution < -0.4 is 0 Å². The van der Waals surface area contributed by atoms with Gasteiger partial charge in [0.1, 0.15) is 5.82 Å². The SMILES string of the molecule is C=C(c1ccccc1)C(O)C(C(=O)C(C(=O)O)(c1cccnc1)C(C)C)c1ccc(F)cc1. The van der Waals surface area contributed by atoms with Gasteiger partial charge in [-0.3, -0.25) is 14.6 Å².